The van der Waals surface area contributed by atoms with Crippen molar-refractivity contribution in [1.82, 2.24) is 20.9 Å². The summed E-state index contributed by atoms with van der Waals surface area (Å²) in [6, 6.07) is 11.3. The molecule has 4 aromatic rings. The van der Waals surface area contributed by atoms with Crippen LogP contribution in [-0.4, -0.2) is 43.7 Å². The molecule has 3 amide bonds. The van der Waals surface area contributed by atoms with Crippen LogP contribution in [0.15, 0.2) is 59.5 Å². The molecule has 3 N–H and O–H groups in total. The first-order valence-corrected chi connectivity index (χ1v) is 15.5. The Morgan fingerprint density at radius 2 is 1.67 bits per heavy atom. The summed E-state index contributed by atoms with van der Waals surface area (Å²) < 4.78 is 70.5. The molecule has 1 unspecified atom stereocenters. The van der Waals surface area contributed by atoms with E-state index in [0.29, 0.717) is 28.9 Å². The van der Waals surface area contributed by atoms with Crippen LogP contribution in [0, 0.1) is 17.5 Å². The van der Waals surface area contributed by atoms with Gasteiger partial charge in [0, 0.05) is 31.1 Å². The molecule has 0 saturated heterocycles. The zero-order valence-corrected chi connectivity index (χ0v) is 24.3. The first kappa shape index (κ1) is 30.2. The van der Waals surface area contributed by atoms with Gasteiger partial charge in [-0.3, -0.25) is 14.4 Å². The lowest BCUT2D eigenvalue weighted by Crippen LogP contribution is -2.41. The van der Waals surface area contributed by atoms with Crippen LogP contribution < -0.4 is 16.0 Å². The summed E-state index contributed by atoms with van der Waals surface area (Å²) in [5, 5.41) is 5.35. The molecular formula is C29H25F3N4O5S2. The van der Waals surface area contributed by atoms with Crippen molar-refractivity contribution >= 4 is 49.1 Å². The molecule has 1 aliphatic carbocycles. The summed E-state index contributed by atoms with van der Waals surface area (Å²) in [4.78, 5) is 40.2. The molecule has 43 heavy (non-hydrogen) atoms. The number of carbonyl (C=O) groups excluding carboxylic acids is 3. The highest BCUT2D eigenvalue weighted by molar-refractivity contribution is 7.92. The van der Waals surface area contributed by atoms with E-state index >= 15 is 4.39 Å². The summed E-state index contributed by atoms with van der Waals surface area (Å²) in [5.41, 5.74) is 1.57. The van der Waals surface area contributed by atoms with Gasteiger partial charge in [-0.05, 0) is 48.2 Å². The van der Waals surface area contributed by atoms with Crippen molar-refractivity contribution in [1.29, 1.82) is 0 Å². The van der Waals surface area contributed by atoms with Crippen molar-refractivity contribution in [3.8, 4) is 11.1 Å². The highest BCUT2D eigenvalue weighted by Gasteiger charge is 2.39. The van der Waals surface area contributed by atoms with E-state index in [9.17, 15) is 31.6 Å². The quantitative estimate of drug-likeness (QED) is 0.228. The highest BCUT2D eigenvalue weighted by atomic mass is 32.2. The fraction of sp³-hybridized carbons (Fsp3) is 0.241. The third kappa shape index (κ3) is 6.86. The van der Waals surface area contributed by atoms with Crippen molar-refractivity contribution in [2.45, 2.75) is 42.5 Å². The Kier molecular flexibility index (Phi) is 8.51. The number of aromatic nitrogens is 1. The van der Waals surface area contributed by atoms with Crippen LogP contribution in [0.1, 0.15) is 35.6 Å². The molecule has 1 heterocycles. The second-order valence-electron chi connectivity index (χ2n) is 10.0. The number of thiazole rings is 1. The van der Waals surface area contributed by atoms with Crippen molar-refractivity contribution < 1.29 is 36.0 Å². The molecule has 0 bridgehead atoms. The average Bonchev–Trinajstić information content (AvgIpc) is 3.68. The number of benzene rings is 3. The minimum Gasteiger partial charge on any atom is -0.352 e. The van der Waals surface area contributed by atoms with E-state index in [1.807, 2.05) is 0 Å². The van der Waals surface area contributed by atoms with Gasteiger partial charge in [-0.25, -0.2) is 26.6 Å². The van der Waals surface area contributed by atoms with Gasteiger partial charge >= 0.3 is 0 Å². The van der Waals surface area contributed by atoms with Gasteiger partial charge in [0.05, 0.1) is 21.7 Å². The van der Waals surface area contributed by atoms with Crippen LogP contribution >= 0.6 is 11.3 Å². The average molecular weight is 631 g/mol. The van der Waals surface area contributed by atoms with Crippen LogP contribution in [0.4, 0.5) is 13.2 Å². The number of halogens is 3. The number of hydrogen-bond acceptors (Lipinski definition) is 7. The predicted octanol–water partition coefficient (Wildman–Crippen LogP) is 3.93. The van der Waals surface area contributed by atoms with Crippen LogP contribution in [0.3, 0.4) is 0 Å². The second kappa shape index (κ2) is 12.1. The normalized spacial score (nSPS) is 13.9. The van der Waals surface area contributed by atoms with Crippen LogP contribution in [0.25, 0.3) is 21.3 Å². The van der Waals surface area contributed by atoms with Gasteiger partial charge in [0.2, 0.25) is 17.7 Å². The zero-order chi connectivity index (χ0) is 30.9. The summed E-state index contributed by atoms with van der Waals surface area (Å²) in [7, 11) is -4.71. The summed E-state index contributed by atoms with van der Waals surface area (Å²) >= 11 is 0.816. The molecule has 0 radical (unpaired) electrons. The first-order chi connectivity index (χ1) is 20.4. The number of nitrogens with zero attached hydrogens (tertiary/aromatic N) is 1. The number of fused-ring (bicyclic) bond motifs is 1. The number of carbonyl (C=O) groups is 3. The molecule has 224 valence electrons. The fourth-order valence-corrected chi connectivity index (χ4v) is 7.25. The standard InChI is InChI=1S/C29H25F3N4O5S2/c1-15(37)33-13-16-2-4-17(5-3-16)20-11-25-24(12-22(20)31)36-29(42-25)27(28(39)34-14-26(38)35-18-6-7-18)43(40,41)19-8-9-21(30)23(32)10-19/h2-5,8-12,18,27H,6-7,13-14H2,1H3,(H,33,37)(H,34,39)(H,35,38). The van der Waals surface area contributed by atoms with Gasteiger partial charge in [-0.15, -0.1) is 11.3 Å². The molecule has 0 spiro atoms. The Labute approximate surface area is 248 Å². The summed E-state index contributed by atoms with van der Waals surface area (Å²) in [5.74, 6) is -5.17. The van der Waals surface area contributed by atoms with Gasteiger partial charge in [0.15, 0.2) is 26.7 Å². The first-order valence-electron chi connectivity index (χ1n) is 13.1. The molecule has 0 aliphatic heterocycles. The molecular weight excluding hydrogens is 605 g/mol. The number of rotatable bonds is 10. The van der Waals surface area contributed by atoms with Crippen molar-refractivity contribution in [3.63, 3.8) is 0 Å². The third-order valence-electron chi connectivity index (χ3n) is 6.66. The molecule has 1 saturated carbocycles. The Bertz CT molecular complexity index is 1840. The smallest absolute Gasteiger partial charge is 0.246 e. The highest BCUT2D eigenvalue weighted by Crippen LogP contribution is 2.37. The zero-order valence-electron chi connectivity index (χ0n) is 22.6. The van der Waals surface area contributed by atoms with E-state index in [2.05, 4.69) is 20.9 Å². The molecule has 5 rings (SSSR count). The maximum atomic E-state index is 15.2. The van der Waals surface area contributed by atoms with Gasteiger partial charge < -0.3 is 16.0 Å². The lowest BCUT2D eigenvalue weighted by Gasteiger charge is -2.16. The van der Waals surface area contributed by atoms with Crippen LogP contribution in [0.2, 0.25) is 0 Å². The largest absolute Gasteiger partial charge is 0.352 e. The molecule has 14 heteroatoms. The van der Waals surface area contributed by atoms with Gasteiger partial charge in [0.25, 0.3) is 0 Å². The Morgan fingerprint density at radius 1 is 0.953 bits per heavy atom. The number of hydrogen-bond donors (Lipinski definition) is 3. The maximum absolute atomic E-state index is 15.2. The van der Waals surface area contributed by atoms with Crippen LogP contribution in [0.5, 0.6) is 0 Å². The minimum atomic E-state index is -4.71. The van der Waals surface area contributed by atoms with Crippen molar-refractivity contribution in [3.05, 3.63) is 82.6 Å². The Balaban J connectivity index is 1.50. The lowest BCUT2D eigenvalue weighted by molar-refractivity contribution is -0.126. The second-order valence-corrected chi connectivity index (χ2v) is 13.1. The molecule has 1 aromatic heterocycles. The number of nitrogens with one attached hydrogen (secondary N) is 3. The maximum Gasteiger partial charge on any atom is 0.246 e. The van der Waals surface area contributed by atoms with E-state index in [1.54, 1.807) is 24.3 Å². The third-order valence-corrected chi connectivity index (χ3v) is 9.86. The molecule has 1 aliphatic rings. The van der Waals surface area contributed by atoms with Crippen LogP contribution in [-0.2, 0) is 30.8 Å². The Morgan fingerprint density at radius 3 is 2.33 bits per heavy atom. The lowest BCUT2D eigenvalue weighted by atomic mass is 10.0. The molecule has 9 nitrogen and oxygen atoms in total. The van der Waals surface area contributed by atoms with Gasteiger partial charge in [-0.1, -0.05) is 24.3 Å². The minimum absolute atomic E-state index is 0.00730. The Hall–Kier alpha value is -4.30. The molecule has 3 aromatic carbocycles. The van der Waals surface area contributed by atoms with E-state index in [4.69, 9.17) is 0 Å². The fourth-order valence-electron chi connectivity index (χ4n) is 4.27. The van der Waals surface area contributed by atoms with E-state index in [1.165, 1.54) is 13.0 Å². The van der Waals surface area contributed by atoms with E-state index in [0.717, 1.165) is 41.9 Å². The molecule has 1 fully saturated rings. The van der Waals surface area contributed by atoms with Crippen molar-refractivity contribution in [2.24, 2.45) is 0 Å². The SMILES string of the molecule is CC(=O)NCc1ccc(-c2cc3sc(C(C(=O)NCC(=O)NC4CC4)S(=O)(=O)c4ccc(F)c(F)c4)nc3cc2F)cc1. The monoisotopic (exact) mass is 630 g/mol. The van der Waals surface area contributed by atoms with Gasteiger partial charge in [0.1, 0.15) is 10.8 Å². The molecule has 1 atom stereocenters. The summed E-state index contributed by atoms with van der Waals surface area (Å²) in [6.45, 7) is 1.18. The summed E-state index contributed by atoms with van der Waals surface area (Å²) in [6.07, 6.45) is 1.61. The van der Waals surface area contributed by atoms with E-state index in [-0.39, 0.29) is 28.0 Å². The number of amides is 3. The topological polar surface area (TPSA) is 134 Å². The van der Waals surface area contributed by atoms with Crippen molar-refractivity contribution in [2.75, 3.05) is 6.54 Å². The van der Waals surface area contributed by atoms with E-state index < -0.39 is 55.8 Å². The number of sulfone groups is 1. The predicted molar refractivity (Wildman–Crippen MR) is 153 cm³/mol. The van der Waals surface area contributed by atoms with Gasteiger partial charge in [-0.2, -0.15) is 0 Å².